The molecule has 3 heterocycles. The van der Waals surface area contributed by atoms with E-state index in [-0.39, 0.29) is 17.8 Å². The van der Waals surface area contributed by atoms with Gasteiger partial charge in [-0.25, -0.2) is 0 Å². The first-order chi connectivity index (χ1) is 17.2. The number of hydrogen-bond donors (Lipinski definition) is 1. The summed E-state index contributed by atoms with van der Waals surface area (Å²) < 4.78 is 43.4. The Labute approximate surface area is 213 Å². The molecule has 1 fully saturated rings. The minimum absolute atomic E-state index is 0.107. The number of halogens is 3. The first-order valence-electron chi connectivity index (χ1n) is 11.6. The molecule has 0 radical (unpaired) electrons. The second-order valence-corrected chi connectivity index (χ2v) is 9.40. The molecule has 4 nitrogen and oxygen atoms in total. The minimum atomic E-state index is -4.47. The largest absolute Gasteiger partial charge is 0.418 e. The first-order valence-corrected chi connectivity index (χ1v) is 12.0. The van der Waals surface area contributed by atoms with Gasteiger partial charge in [-0.15, -0.1) is 0 Å². The lowest BCUT2D eigenvalue weighted by Crippen LogP contribution is -2.29. The van der Waals surface area contributed by atoms with Gasteiger partial charge in [-0.2, -0.15) is 13.2 Å². The van der Waals surface area contributed by atoms with Crippen molar-refractivity contribution in [1.29, 1.82) is 0 Å². The van der Waals surface area contributed by atoms with Crippen LogP contribution in [-0.2, 0) is 6.18 Å². The number of aromatic nitrogens is 2. The van der Waals surface area contributed by atoms with Crippen molar-refractivity contribution >= 4 is 23.0 Å². The Morgan fingerprint density at radius 1 is 0.917 bits per heavy atom. The summed E-state index contributed by atoms with van der Waals surface area (Å²) in [7, 11) is 0. The van der Waals surface area contributed by atoms with Crippen LogP contribution < -0.4 is 10.2 Å². The number of anilines is 1. The summed E-state index contributed by atoms with van der Waals surface area (Å²) in [6.45, 7) is 5.71. The summed E-state index contributed by atoms with van der Waals surface area (Å²) in [6, 6.07) is 20.8. The molecule has 8 heteroatoms. The number of nitrogens with one attached hydrogen (secondary N) is 1. The molecule has 36 heavy (non-hydrogen) atoms. The molecule has 0 amide bonds. The summed E-state index contributed by atoms with van der Waals surface area (Å²) in [5, 5.41) is 3.96. The lowest BCUT2D eigenvalue weighted by Gasteiger charge is -2.28. The number of benzene rings is 2. The fourth-order valence-electron chi connectivity index (χ4n) is 5.02. The molecule has 1 aliphatic heterocycles. The third kappa shape index (κ3) is 4.15. The number of pyridine rings is 1. The fraction of sp³-hybridized carbons (Fsp3) is 0.214. The third-order valence-electron chi connectivity index (χ3n) is 6.65. The summed E-state index contributed by atoms with van der Waals surface area (Å²) in [5.41, 5.74) is 4.58. The van der Waals surface area contributed by atoms with Crippen LogP contribution in [0.3, 0.4) is 0 Å². The number of alkyl halides is 3. The van der Waals surface area contributed by atoms with Gasteiger partial charge < -0.3 is 14.8 Å². The van der Waals surface area contributed by atoms with Crippen molar-refractivity contribution in [2.75, 3.05) is 4.90 Å². The molecule has 1 N–H and O–H groups in total. The Hall–Kier alpha value is -3.65. The summed E-state index contributed by atoms with van der Waals surface area (Å²) in [5.74, 6) is 0. The molecular formula is C28H25F3N4S. The number of thiocarbonyl (C=S) groups is 1. The Balaban J connectivity index is 1.70. The van der Waals surface area contributed by atoms with Crippen LogP contribution in [0.2, 0.25) is 0 Å². The molecule has 0 unspecified atom stereocenters. The van der Waals surface area contributed by atoms with Gasteiger partial charge in [-0.3, -0.25) is 4.98 Å². The van der Waals surface area contributed by atoms with Crippen LogP contribution in [0.25, 0.3) is 5.69 Å². The normalized spacial score (nSPS) is 17.9. The van der Waals surface area contributed by atoms with Gasteiger partial charge in [0.15, 0.2) is 5.11 Å². The van der Waals surface area contributed by atoms with Crippen molar-refractivity contribution in [2.24, 2.45) is 0 Å². The summed E-state index contributed by atoms with van der Waals surface area (Å²) >= 11 is 5.79. The second kappa shape index (κ2) is 9.09. The van der Waals surface area contributed by atoms with Crippen LogP contribution in [0.4, 0.5) is 18.9 Å². The number of nitrogens with zero attached hydrogens (tertiary/aromatic N) is 3. The molecule has 0 bridgehead atoms. The third-order valence-corrected chi connectivity index (χ3v) is 6.96. The Morgan fingerprint density at radius 2 is 1.61 bits per heavy atom. The van der Waals surface area contributed by atoms with Gasteiger partial charge >= 0.3 is 6.18 Å². The minimum Gasteiger partial charge on any atom is -0.351 e. The van der Waals surface area contributed by atoms with Crippen LogP contribution in [0, 0.1) is 20.8 Å². The average Bonchev–Trinajstić information content (AvgIpc) is 3.34. The maximum atomic E-state index is 13.9. The van der Waals surface area contributed by atoms with Gasteiger partial charge in [-0.1, -0.05) is 35.9 Å². The SMILES string of the molecule is Cc1ccc(N2C(=S)N[C@H](c3ccccn3)[C@@H]2c2cc(C)n(-c3ccccc3C(F)(F)F)c2C)cc1. The van der Waals surface area contributed by atoms with Gasteiger partial charge in [0.25, 0.3) is 0 Å². The Kier molecular flexibility index (Phi) is 6.08. The van der Waals surface area contributed by atoms with E-state index in [9.17, 15) is 13.2 Å². The molecule has 0 saturated carbocycles. The monoisotopic (exact) mass is 506 g/mol. The molecule has 0 aliphatic carbocycles. The molecule has 184 valence electrons. The van der Waals surface area contributed by atoms with E-state index >= 15 is 0 Å². The highest BCUT2D eigenvalue weighted by molar-refractivity contribution is 7.80. The molecule has 2 aromatic carbocycles. The molecule has 0 spiro atoms. The predicted molar refractivity (Wildman–Crippen MR) is 139 cm³/mol. The van der Waals surface area contributed by atoms with Crippen LogP contribution in [0.15, 0.2) is 79.0 Å². The molecule has 2 atom stereocenters. The maximum Gasteiger partial charge on any atom is 0.418 e. The van der Waals surface area contributed by atoms with Crippen molar-refractivity contribution in [3.63, 3.8) is 0 Å². The van der Waals surface area contributed by atoms with Gasteiger partial charge in [0, 0.05) is 23.3 Å². The molecule has 4 aromatic rings. The number of rotatable bonds is 4. The highest BCUT2D eigenvalue weighted by atomic mass is 32.1. The topological polar surface area (TPSA) is 33.1 Å². The van der Waals surface area contributed by atoms with Crippen LogP contribution in [0.5, 0.6) is 0 Å². The lowest BCUT2D eigenvalue weighted by molar-refractivity contribution is -0.137. The van der Waals surface area contributed by atoms with Gasteiger partial charge in [-0.05, 0) is 81.0 Å². The Bertz CT molecular complexity index is 1410. The van der Waals surface area contributed by atoms with Crippen LogP contribution in [-0.4, -0.2) is 14.7 Å². The zero-order chi connectivity index (χ0) is 25.6. The number of aryl methyl sites for hydroxylation is 2. The van der Waals surface area contributed by atoms with E-state index in [4.69, 9.17) is 12.2 Å². The molecule has 5 rings (SSSR count). The molecule has 1 saturated heterocycles. The first kappa shape index (κ1) is 24.1. The zero-order valence-corrected chi connectivity index (χ0v) is 20.9. The van der Waals surface area contributed by atoms with Crippen molar-refractivity contribution in [3.8, 4) is 5.69 Å². The van der Waals surface area contributed by atoms with E-state index < -0.39 is 11.7 Å². The highest BCUT2D eigenvalue weighted by Crippen LogP contribution is 2.44. The van der Waals surface area contributed by atoms with Crippen molar-refractivity contribution in [3.05, 3.63) is 113 Å². The average molecular weight is 507 g/mol. The van der Waals surface area contributed by atoms with Crippen molar-refractivity contribution < 1.29 is 13.2 Å². The van der Waals surface area contributed by atoms with Crippen molar-refractivity contribution in [1.82, 2.24) is 14.9 Å². The molecular weight excluding hydrogens is 481 g/mol. The lowest BCUT2D eigenvalue weighted by atomic mass is 9.96. The molecule has 1 aliphatic rings. The van der Waals surface area contributed by atoms with E-state index in [1.54, 1.807) is 16.8 Å². The highest BCUT2D eigenvalue weighted by Gasteiger charge is 2.42. The smallest absolute Gasteiger partial charge is 0.351 e. The van der Waals surface area contributed by atoms with Crippen LogP contribution >= 0.6 is 12.2 Å². The van der Waals surface area contributed by atoms with E-state index in [2.05, 4.69) is 10.3 Å². The standard InChI is InChI=1S/C28H25F3N4S/c1-17-11-13-20(14-12-17)35-26(25(33-27(35)36)23-9-6-7-15-32-23)21-16-18(2)34(19(21)3)24-10-5-4-8-22(24)28(29,30)31/h4-16,25-26H,1-3H3,(H,33,36)/t25-,26+/m1/s1. The van der Waals surface area contributed by atoms with Gasteiger partial charge in [0.05, 0.1) is 29.0 Å². The van der Waals surface area contributed by atoms with E-state index in [0.717, 1.165) is 34.3 Å². The Morgan fingerprint density at radius 3 is 2.28 bits per heavy atom. The van der Waals surface area contributed by atoms with Gasteiger partial charge in [0.1, 0.15) is 0 Å². The van der Waals surface area contributed by atoms with Crippen molar-refractivity contribution in [2.45, 2.75) is 39.0 Å². The maximum absolute atomic E-state index is 13.9. The number of hydrogen-bond acceptors (Lipinski definition) is 2. The second-order valence-electron chi connectivity index (χ2n) is 9.01. The van der Waals surface area contributed by atoms with E-state index in [1.165, 1.54) is 12.1 Å². The fourth-order valence-corrected chi connectivity index (χ4v) is 5.37. The van der Waals surface area contributed by atoms with Gasteiger partial charge in [0.2, 0.25) is 0 Å². The quantitative estimate of drug-likeness (QED) is 0.302. The molecule has 2 aromatic heterocycles. The van der Waals surface area contributed by atoms with E-state index in [1.807, 2.05) is 74.2 Å². The number of para-hydroxylation sites is 1. The summed E-state index contributed by atoms with van der Waals surface area (Å²) in [4.78, 5) is 6.61. The van der Waals surface area contributed by atoms with Crippen LogP contribution in [0.1, 0.15) is 45.9 Å². The predicted octanol–water partition coefficient (Wildman–Crippen LogP) is 6.99. The van der Waals surface area contributed by atoms with E-state index in [0.29, 0.717) is 10.8 Å². The summed E-state index contributed by atoms with van der Waals surface area (Å²) in [6.07, 6.45) is -2.74. The zero-order valence-electron chi connectivity index (χ0n) is 20.0.